The third-order valence-electron chi connectivity index (χ3n) is 4.30. The minimum Gasteiger partial charge on any atom is -0.496 e. The molecular formula is C21H19IN2O4S. The second kappa shape index (κ2) is 9.00. The molecule has 1 saturated heterocycles. The Morgan fingerprint density at radius 2 is 1.97 bits per heavy atom. The molecule has 0 saturated carbocycles. The van der Waals surface area contributed by atoms with E-state index in [2.05, 4.69) is 27.9 Å². The zero-order valence-electron chi connectivity index (χ0n) is 16.1. The molecule has 3 rings (SSSR count). The zero-order chi connectivity index (χ0) is 21.1. The van der Waals surface area contributed by atoms with E-state index in [-0.39, 0.29) is 11.4 Å². The van der Waals surface area contributed by atoms with Gasteiger partial charge in [0, 0.05) is 5.69 Å². The van der Waals surface area contributed by atoms with Gasteiger partial charge in [0.05, 0.1) is 15.6 Å². The standard InChI is InChI=1S/C21H19IN2O4S/c1-12-4-6-16(13(2)8-12)23-19(25)11-24-20(26)18(29-21(24)27)10-14-5-7-17(28-3)15(22)9-14/h4-10H,11H2,1-3H3,(H,23,25)/b18-10-. The lowest BCUT2D eigenvalue weighted by molar-refractivity contribution is -0.127. The van der Waals surface area contributed by atoms with E-state index in [4.69, 9.17) is 4.74 Å². The summed E-state index contributed by atoms with van der Waals surface area (Å²) >= 11 is 2.97. The van der Waals surface area contributed by atoms with Crippen LogP contribution in [0.25, 0.3) is 6.08 Å². The first-order valence-electron chi connectivity index (χ1n) is 8.74. The number of thioether (sulfide) groups is 1. The number of nitrogens with zero attached hydrogens (tertiary/aromatic N) is 1. The number of imide groups is 1. The lowest BCUT2D eigenvalue weighted by atomic mass is 10.1. The third-order valence-corrected chi connectivity index (χ3v) is 6.06. The van der Waals surface area contributed by atoms with Crippen molar-refractivity contribution in [2.75, 3.05) is 19.0 Å². The largest absolute Gasteiger partial charge is 0.496 e. The molecule has 0 radical (unpaired) electrons. The van der Waals surface area contributed by atoms with E-state index in [9.17, 15) is 14.4 Å². The molecule has 0 spiro atoms. The lowest BCUT2D eigenvalue weighted by Gasteiger charge is -2.14. The first kappa shape index (κ1) is 21.4. The Labute approximate surface area is 186 Å². The molecule has 1 N–H and O–H groups in total. The van der Waals surface area contributed by atoms with Gasteiger partial charge in [-0.25, -0.2) is 0 Å². The maximum absolute atomic E-state index is 12.6. The third kappa shape index (κ3) is 4.99. The van der Waals surface area contributed by atoms with Crippen molar-refractivity contribution in [3.63, 3.8) is 0 Å². The minimum absolute atomic E-state index is 0.287. The van der Waals surface area contributed by atoms with Gasteiger partial charge in [-0.15, -0.1) is 0 Å². The van der Waals surface area contributed by atoms with Gasteiger partial charge in [-0.3, -0.25) is 19.3 Å². The topological polar surface area (TPSA) is 75.7 Å². The summed E-state index contributed by atoms with van der Waals surface area (Å²) in [5.74, 6) is -0.153. The van der Waals surface area contributed by atoms with Gasteiger partial charge in [0.1, 0.15) is 12.3 Å². The SMILES string of the molecule is COc1ccc(/C=C2\SC(=O)N(CC(=O)Nc3ccc(C)cc3C)C2=O)cc1I. The van der Waals surface area contributed by atoms with E-state index in [0.29, 0.717) is 5.69 Å². The minimum atomic E-state index is -0.471. The number of benzene rings is 2. The van der Waals surface area contributed by atoms with E-state index >= 15 is 0 Å². The Bertz CT molecular complexity index is 1040. The van der Waals surface area contributed by atoms with Crippen LogP contribution in [0.1, 0.15) is 16.7 Å². The Morgan fingerprint density at radius 1 is 1.21 bits per heavy atom. The highest BCUT2D eigenvalue weighted by Gasteiger charge is 2.36. The highest BCUT2D eigenvalue weighted by molar-refractivity contribution is 14.1. The van der Waals surface area contributed by atoms with Crippen LogP contribution < -0.4 is 10.1 Å². The Hall–Kier alpha value is -2.33. The molecule has 29 heavy (non-hydrogen) atoms. The molecule has 1 heterocycles. The molecule has 0 bridgehead atoms. The number of methoxy groups -OCH3 is 1. The number of ether oxygens (including phenoxy) is 1. The highest BCUT2D eigenvalue weighted by Crippen LogP contribution is 2.33. The van der Waals surface area contributed by atoms with Gasteiger partial charge in [0.25, 0.3) is 11.1 Å². The van der Waals surface area contributed by atoms with Crippen molar-refractivity contribution < 1.29 is 19.1 Å². The molecule has 1 fully saturated rings. The summed E-state index contributed by atoms with van der Waals surface area (Å²) in [6.07, 6.45) is 1.65. The van der Waals surface area contributed by atoms with Crippen molar-refractivity contribution in [3.05, 3.63) is 61.6 Å². The molecule has 6 nitrogen and oxygen atoms in total. The van der Waals surface area contributed by atoms with Crippen LogP contribution in [0.2, 0.25) is 0 Å². The predicted molar refractivity (Wildman–Crippen MR) is 123 cm³/mol. The van der Waals surface area contributed by atoms with Crippen molar-refractivity contribution in [2.45, 2.75) is 13.8 Å². The molecule has 0 aromatic heterocycles. The number of rotatable bonds is 5. The fourth-order valence-corrected chi connectivity index (χ4v) is 4.45. The average Bonchev–Trinajstić information content (AvgIpc) is 2.91. The second-order valence-electron chi connectivity index (χ2n) is 6.53. The van der Waals surface area contributed by atoms with Crippen molar-refractivity contribution in [1.82, 2.24) is 4.90 Å². The number of amides is 3. The van der Waals surface area contributed by atoms with Crippen LogP contribution in [-0.4, -0.2) is 35.6 Å². The van der Waals surface area contributed by atoms with Crippen molar-refractivity contribution in [3.8, 4) is 5.75 Å². The first-order chi connectivity index (χ1) is 13.8. The van der Waals surface area contributed by atoms with Crippen molar-refractivity contribution in [1.29, 1.82) is 0 Å². The van der Waals surface area contributed by atoms with E-state index < -0.39 is 17.1 Å². The summed E-state index contributed by atoms with van der Waals surface area (Å²) in [7, 11) is 1.59. The first-order valence-corrected chi connectivity index (χ1v) is 10.6. The van der Waals surface area contributed by atoms with Gasteiger partial charge in [-0.1, -0.05) is 23.8 Å². The summed E-state index contributed by atoms with van der Waals surface area (Å²) in [6.45, 7) is 3.53. The van der Waals surface area contributed by atoms with Gasteiger partial charge in [0.2, 0.25) is 5.91 Å². The average molecular weight is 522 g/mol. The molecular weight excluding hydrogens is 503 g/mol. The Kier molecular flexibility index (Phi) is 6.63. The van der Waals surface area contributed by atoms with Crippen LogP contribution in [0.4, 0.5) is 10.5 Å². The summed E-state index contributed by atoms with van der Waals surface area (Å²) in [5.41, 5.74) is 3.45. The van der Waals surface area contributed by atoms with E-state index in [1.807, 2.05) is 44.2 Å². The number of carbonyl (C=O) groups is 3. The molecule has 8 heteroatoms. The summed E-state index contributed by atoms with van der Waals surface area (Å²) < 4.78 is 6.12. The summed E-state index contributed by atoms with van der Waals surface area (Å²) in [5, 5.41) is 2.30. The van der Waals surface area contributed by atoms with Gasteiger partial charge in [0.15, 0.2) is 0 Å². The highest BCUT2D eigenvalue weighted by atomic mass is 127. The maximum Gasteiger partial charge on any atom is 0.294 e. The number of nitrogens with one attached hydrogen (secondary N) is 1. The van der Waals surface area contributed by atoms with Gasteiger partial charge >= 0.3 is 0 Å². The molecule has 150 valence electrons. The zero-order valence-corrected chi connectivity index (χ0v) is 19.1. The number of halogens is 1. The molecule has 1 aliphatic heterocycles. The number of anilines is 1. The monoisotopic (exact) mass is 522 g/mol. The van der Waals surface area contributed by atoms with Crippen LogP contribution in [0.5, 0.6) is 5.75 Å². The van der Waals surface area contributed by atoms with E-state index in [1.54, 1.807) is 19.3 Å². The van der Waals surface area contributed by atoms with E-state index in [1.165, 1.54) is 0 Å². The van der Waals surface area contributed by atoms with Crippen molar-refractivity contribution in [2.24, 2.45) is 0 Å². The fraction of sp³-hybridized carbons (Fsp3) is 0.190. The molecule has 2 aromatic rings. The fourth-order valence-electron chi connectivity index (χ4n) is 2.85. The van der Waals surface area contributed by atoms with Crippen LogP contribution in [-0.2, 0) is 9.59 Å². The predicted octanol–water partition coefficient (Wildman–Crippen LogP) is 4.59. The number of hydrogen-bond donors (Lipinski definition) is 1. The van der Waals surface area contributed by atoms with Gasteiger partial charge in [-0.05, 0) is 83.6 Å². The normalized spacial score (nSPS) is 15.2. The van der Waals surface area contributed by atoms with Crippen LogP contribution in [0.3, 0.4) is 0 Å². The number of carbonyl (C=O) groups excluding carboxylic acids is 3. The summed E-state index contributed by atoms with van der Waals surface area (Å²) in [4.78, 5) is 38.5. The molecule has 2 aromatic carbocycles. The quantitative estimate of drug-likeness (QED) is 0.460. The molecule has 1 aliphatic rings. The number of aryl methyl sites for hydroxylation is 2. The van der Waals surface area contributed by atoms with E-state index in [0.717, 1.165) is 42.7 Å². The van der Waals surface area contributed by atoms with Crippen LogP contribution in [0, 0.1) is 17.4 Å². The molecule has 3 amide bonds. The smallest absolute Gasteiger partial charge is 0.294 e. The Balaban J connectivity index is 1.71. The number of hydrogen-bond acceptors (Lipinski definition) is 5. The van der Waals surface area contributed by atoms with Gasteiger partial charge < -0.3 is 10.1 Å². The van der Waals surface area contributed by atoms with Crippen LogP contribution >= 0.6 is 34.4 Å². The molecule has 0 atom stereocenters. The Morgan fingerprint density at radius 3 is 2.62 bits per heavy atom. The lowest BCUT2D eigenvalue weighted by Crippen LogP contribution is -2.36. The molecule has 0 aliphatic carbocycles. The van der Waals surface area contributed by atoms with Crippen LogP contribution in [0.15, 0.2) is 41.3 Å². The molecule has 0 unspecified atom stereocenters. The van der Waals surface area contributed by atoms with Crippen molar-refractivity contribution >= 4 is 63.2 Å². The second-order valence-corrected chi connectivity index (χ2v) is 8.68. The maximum atomic E-state index is 12.6. The van der Waals surface area contributed by atoms with Gasteiger partial charge in [-0.2, -0.15) is 0 Å². The summed E-state index contributed by atoms with van der Waals surface area (Å²) in [6, 6.07) is 11.1.